The van der Waals surface area contributed by atoms with Crippen LogP contribution in [-0.4, -0.2) is 30.6 Å². The zero-order chi connectivity index (χ0) is 13.1. The molecule has 0 spiro atoms. The number of nitrogens with one attached hydrogen (secondary N) is 1. The summed E-state index contributed by atoms with van der Waals surface area (Å²) in [4.78, 5) is 25.9. The zero-order valence-electron chi connectivity index (χ0n) is 10.1. The Morgan fingerprint density at radius 3 is 2.67 bits per heavy atom. The van der Waals surface area contributed by atoms with E-state index in [0.717, 1.165) is 10.9 Å². The maximum absolute atomic E-state index is 11.5. The van der Waals surface area contributed by atoms with Crippen LogP contribution in [0, 0.1) is 0 Å². The van der Waals surface area contributed by atoms with E-state index >= 15 is 0 Å². The lowest BCUT2D eigenvalue weighted by atomic mass is 10.1. The van der Waals surface area contributed by atoms with E-state index in [4.69, 9.17) is 4.74 Å². The lowest BCUT2D eigenvalue weighted by molar-refractivity contribution is 0.0519. The third kappa shape index (κ3) is 2.20. The van der Waals surface area contributed by atoms with Gasteiger partial charge in [-0.15, -0.1) is 0 Å². The van der Waals surface area contributed by atoms with Crippen LogP contribution in [0.15, 0.2) is 24.3 Å². The fourth-order valence-corrected chi connectivity index (χ4v) is 1.70. The summed E-state index contributed by atoms with van der Waals surface area (Å²) in [7, 11) is 1.33. The van der Waals surface area contributed by atoms with Gasteiger partial charge >= 0.3 is 11.9 Å². The number of rotatable bonds is 3. The van der Waals surface area contributed by atoms with Gasteiger partial charge in [0.15, 0.2) is 0 Å². The lowest BCUT2D eigenvalue weighted by Gasteiger charge is -1.98. The Kier molecular flexibility index (Phi) is 3.32. The van der Waals surface area contributed by atoms with E-state index in [9.17, 15) is 9.59 Å². The van der Waals surface area contributed by atoms with Crippen molar-refractivity contribution in [2.24, 2.45) is 0 Å². The molecule has 18 heavy (non-hydrogen) atoms. The third-order valence-electron chi connectivity index (χ3n) is 2.54. The van der Waals surface area contributed by atoms with E-state index in [-0.39, 0.29) is 0 Å². The average molecular weight is 247 g/mol. The largest absolute Gasteiger partial charge is 0.465 e. The van der Waals surface area contributed by atoms with Crippen LogP contribution >= 0.6 is 0 Å². The molecule has 2 aromatic rings. The Labute approximate surface area is 104 Å². The van der Waals surface area contributed by atoms with Crippen LogP contribution in [0.2, 0.25) is 0 Å². The van der Waals surface area contributed by atoms with E-state index in [1.54, 1.807) is 31.2 Å². The molecule has 0 amide bonds. The molecule has 0 saturated carbocycles. The van der Waals surface area contributed by atoms with Gasteiger partial charge in [0.1, 0.15) is 5.69 Å². The lowest BCUT2D eigenvalue weighted by Crippen LogP contribution is -2.04. The molecule has 0 unspecified atom stereocenters. The molecule has 1 N–H and O–H groups in total. The highest BCUT2D eigenvalue weighted by molar-refractivity contribution is 5.98. The van der Waals surface area contributed by atoms with Crippen molar-refractivity contribution in [3.63, 3.8) is 0 Å². The Hall–Kier alpha value is -2.30. The second-order valence-electron chi connectivity index (χ2n) is 3.70. The SMILES string of the molecule is CCOC(=O)c1cc2cc(C(=O)OC)ccc2[nH]1. The number of carbonyl (C=O) groups excluding carboxylic acids is 2. The second kappa shape index (κ2) is 4.91. The monoisotopic (exact) mass is 247 g/mol. The fourth-order valence-electron chi connectivity index (χ4n) is 1.70. The predicted molar refractivity (Wildman–Crippen MR) is 65.6 cm³/mol. The van der Waals surface area contributed by atoms with Gasteiger partial charge in [0.2, 0.25) is 0 Å². The first-order valence-electron chi connectivity index (χ1n) is 5.54. The van der Waals surface area contributed by atoms with Crippen LogP contribution in [0.25, 0.3) is 10.9 Å². The van der Waals surface area contributed by atoms with E-state index in [1.807, 2.05) is 0 Å². The number of hydrogen-bond acceptors (Lipinski definition) is 4. The maximum Gasteiger partial charge on any atom is 0.354 e. The summed E-state index contributed by atoms with van der Waals surface area (Å²) in [6.07, 6.45) is 0. The molecule has 0 saturated heterocycles. The molecule has 94 valence electrons. The molecule has 0 aliphatic carbocycles. The van der Waals surface area contributed by atoms with Crippen molar-refractivity contribution in [2.45, 2.75) is 6.92 Å². The number of methoxy groups -OCH3 is 1. The standard InChI is InChI=1S/C13H13NO4/c1-3-18-13(16)11-7-9-6-8(12(15)17-2)4-5-10(9)14-11/h4-7,14H,3H2,1-2H3. The minimum absolute atomic E-state index is 0.321. The van der Waals surface area contributed by atoms with Crippen molar-refractivity contribution in [1.29, 1.82) is 0 Å². The van der Waals surface area contributed by atoms with Gasteiger partial charge in [-0.1, -0.05) is 0 Å². The number of ether oxygens (including phenoxy) is 2. The summed E-state index contributed by atoms with van der Waals surface area (Å²) in [5.41, 5.74) is 1.58. The quantitative estimate of drug-likeness (QED) is 0.843. The van der Waals surface area contributed by atoms with E-state index in [1.165, 1.54) is 7.11 Å². The van der Waals surface area contributed by atoms with Crippen LogP contribution in [0.3, 0.4) is 0 Å². The molecule has 5 heteroatoms. The minimum Gasteiger partial charge on any atom is -0.465 e. The van der Waals surface area contributed by atoms with Gasteiger partial charge in [-0.05, 0) is 31.2 Å². The molecule has 0 atom stereocenters. The van der Waals surface area contributed by atoms with Gasteiger partial charge in [0.25, 0.3) is 0 Å². The number of esters is 2. The van der Waals surface area contributed by atoms with Crippen molar-refractivity contribution < 1.29 is 19.1 Å². The number of aromatic amines is 1. The van der Waals surface area contributed by atoms with Crippen molar-refractivity contribution in [3.8, 4) is 0 Å². The summed E-state index contributed by atoms with van der Waals surface area (Å²) in [5, 5.41) is 0.765. The summed E-state index contributed by atoms with van der Waals surface area (Å²) in [6.45, 7) is 2.07. The fraction of sp³-hybridized carbons (Fsp3) is 0.231. The molecule has 1 aromatic heterocycles. The van der Waals surface area contributed by atoms with E-state index in [2.05, 4.69) is 9.72 Å². The normalized spacial score (nSPS) is 10.3. The summed E-state index contributed by atoms with van der Waals surface area (Å²) >= 11 is 0. The zero-order valence-corrected chi connectivity index (χ0v) is 10.1. The average Bonchev–Trinajstić information content (AvgIpc) is 2.80. The third-order valence-corrected chi connectivity index (χ3v) is 2.54. The molecule has 1 heterocycles. The first-order valence-corrected chi connectivity index (χ1v) is 5.54. The first kappa shape index (κ1) is 12.2. The van der Waals surface area contributed by atoms with Crippen molar-refractivity contribution >= 4 is 22.8 Å². The minimum atomic E-state index is -0.409. The summed E-state index contributed by atoms with van der Waals surface area (Å²) in [6, 6.07) is 6.68. The highest BCUT2D eigenvalue weighted by atomic mass is 16.5. The van der Waals surface area contributed by atoms with Crippen LogP contribution in [0.4, 0.5) is 0 Å². The molecule has 0 radical (unpaired) electrons. The second-order valence-corrected chi connectivity index (χ2v) is 3.70. The Morgan fingerprint density at radius 1 is 1.22 bits per heavy atom. The molecule has 0 fully saturated rings. The van der Waals surface area contributed by atoms with Crippen molar-refractivity contribution in [1.82, 2.24) is 4.98 Å². The van der Waals surface area contributed by atoms with Crippen LogP contribution < -0.4 is 0 Å². The first-order chi connectivity index (χ1) is 8.65. The van der Waals surface area contributed by atoms with Gasteiger partial charge in [0.05, 0.1) is 19.3 Å². The topological polar surface area (TPSA) is 68.4 Å². The number of H-pyrrole nitrogens is 1. The maximum atomic E-state index is 11.5. The number of fused-ring (bicyclic) bond motifs is 1. The number of aromatic nitrogens is 1. The molecule has 5 nitrogen and oxygen atoms in total. The van der Waals surface area contributed by atoms with Crippen LogP contribution in [0.1, 0.15) is 27.8 Å². The van der Waals surface area contributed by atoms with Gasteiger partial charge in [-0.25, -0.2) is 9.59 Å². The Bertz CT molecular complexity index is 600. The number of hydrogen-bond donors (Lipinski definition) is 1. The van der Waals surface area contributed by atoms with Crippen molar-refractivity contribution in [2.75, 3.05) is 13.7 Å². The molecule has 1 aromatic carbocycles. The molecular weight excluding hydrogens is 234 g/mol. The van der Waals surface area contributed by atoms with E-state index in [0.29, 0.717) is 17.9 Å². The highest BCUT2D eigenvalue weighted by Crippen LogP contribution is 2.18. The predicted octanol–water partition coefficient (Wildman–Crippen LogP) is 2.13. The number of benzene rings is 1. The molecule has 2 rings (SSSR count). The Morgan fingerprint density at radius 2 is 2.00 bits per heavy atom. The van der Waals surface area contributed by atoms with Crippen molar-refractivity contribution in [3.05, 3.63) is 35.5 Å². The molecular formula is C13H13NO4. The summed E-state index contributed by atoms with van der Waals surface area (Å²) < 4.78 is 9.53. The van der Waals surface area contributed by atoms with E-state index < -0.39 is 11.9 Å². The van der Waals surface area contributed by atoms with Gasteiger partial charge in [-0.3, -0.25) is 0 Å². The van der Waals surface area contributed by atoms with Gasteiger partial charge in [-0.2, -0.15) is 0 Å². The van der Waals surface area contributed by atoms with Crippen LogP contribution in [-0.2, 0) is 9.47 Å². The highest BCUT2D eigenvalue weighted by Gasteiger charge is 2.12. The molecule has 0 aliphatic heterocycles. The van der Waals surface area contributed by atoms with Gasteiger partial charge < -0.3 is 14.5 Å². The smallest absolute Gasteiger partial charge is 0.354 e. The van der Waals surface area contributed by atoms with Gasteiger partial charge in [0, 0.05) is 10.9 Å². The number of carbonyl (C=O) groups is 2. The Balaban J connectivity index is 2.39. The molecule has 0 aliphatic rings. The summed E-state index contributed by atoms with van der Waals surface area (Å²) in [5.74, 6) is -0.816. The van der Waals surface area contributed by atoms with Crippen LogP contribution in [0.5, 0.6) is 0 Å². The molecule has 0 bridgehead atoms.